The zero-order chi connectivity index (χ0) is 39.1. The van der Waals surface area contributed by atoms with Crippen molar-refractivity contribution in [2.75, 3.05) is 43.5 Å². The van der Waals surface area contributed by atoms with Crippen LogP contribution in [0.5, 0.6) is 0 Å². The van der Waals surface area contributed by atoms with Crippen LogP contribution in [0.3, 0.4) is 0 Å². The highest BCUT2D eigenvalue weighted by Crippen LogP contribution is 2.61. The van der Waals surface area contributed by atoms with Crippen molar-refractivity contribution < 1.29 is 85.6 Å². The number of carbonyl (C=O) groups is 3. The van der Waals surface area contributed by atoms with Gasteiger partial charge in [0.25, 0.3) is 0 Å². The summed E-state index contributed by atoms with van der Waals surface area (Å²) >= 11 is 1.09. The number of nitrogen functional groups attached to an aromatic ring is 1. The summed E-state index contributed by atoms with van der Waals surface area (Å²) < 4.78 is 61.8. The van der Waals surface area contributed by atoms with Gasteiger partial charge in [-0.1, -0.05) is 13.8 Å². The van der Waals surface area contributed by atoms with E-state index in [4.69, 9.17) is 24.6 Å². The maximum absolute atomic E-state index is 12.6. The molecule has 3 heterocycles. The van der Waals surface area contributed by atoms with Gasteiger partial charge in [-0.05, 0) is 0 Å². The number of aliphatic carboxylic acids is 1. The molecule has 52 heavy (non-hydrogen) atoms. The summed E-state index contributed by atoms with van der Waals surface area (Å²) in [6.07, 6.45) is -6.96. The third kappa shape index (κ3) is 13.0. The molecule has 1 aliphatic heterocycles. The number of fused-ring (bicyclic) bond motifs is 1. The standard InChI is InChI=1S/C23H38N7O18P3S/c1-23(2,18(35)21(36)26-4-3-13(31)25-5-6-52-8-14(32)33)9-45-51(42,43)48-50(40,41)44-7-12-17(47-49(37,38)39)16(34)22(46-12)30-11-29-15-19(24)27-10-28-20(15)30/h10-12,16-18,22,34-35H,3-9H2,1-2H3,(H,25,31)(H,26,36)(H,32,33)(H,40,41)(H,42,43)(H2,24,27,28)(H2,37,38,39). The average Bonchev–Trinajstić information content (AvgIpc) is 3.58. The highest BCUT2D eigenvalue weighted by atomic mass is 32.2. The number of phosphoric ester groups is 3. The molecular weight excluding hydrogens is 787 g/mol. The van der Waals surface area contributed by atoms with Crippen molar-refractivity contribution in [2.24, 2.45) is 5.41 Å². The van der Waals surface area contributed by atoms with Gasteiger partial charge in [-0.2, -0.15) is 4.31 Å². The van der Waals surface area contributed by atoms with Crippen LogP contribution in [0.15, 0.2) is 12.7 Å². The van der Waals surface area contributed by atoms with Crippen molar-refractivity contribution in [3.63, 3.8) is 0 Å². The van der Waals surface area contributed by atoms with Crippen LogP contribution in [0.2, 0.25) is 0 Å². The van der Waals surface area contributed by atoms with Gasteiger partial charge in [0, 0.05) is 30.7 Å². The predicted octanol–water partition coefficient (Wildman–Crippen LogP) is -1.78. The molecule has 1 fully saturated rings. The van der Waals surface area contributed by atoms with Crippen LogP contribution in [0.1, 0.15) is 26.5 Å². The highest BCUT2D eigenvalue weighted by molar-refractivity contribution is 7.99. The van der Waals surface area contributed by atoms with Crippen LogP contribution >= 0.6 is 35.2 Å². The third-order valence-corrected chi connectivity index (χ3v) is 10.9. The fourth-order valence-electron chi connectivity index (χ4n) is 4.36. The predicted molar refractivity (Wildman–Crippen MR) is 175 cm³/mol. The Morgan fingerprint density at radius 3 is 2.40 bits per heavy atom. The first kappa shape index (κ1) is 43.8. The largest absolute Gasteiger partial charge is 0.481 e. The number of aliphatic hydroxyl groups excluding tert-OH is 2. The van der Waals surface area contributed by atoms with E-state index in [0.717, 1.165) is 29.0 Å². The number of anilines is 1. The fraction of sp³-hybridized carbons (Fsp3) is 0.652. The Bertz CT molecular complexity index is 1730. The number of nitrogens with two attached hydrogens (primary N) is 1. The van der Waals surface area contributed by atoms with Gasteiger partial charge in [-0.3, -0.25) is 32.5 Å². The number of phosphoric acid groups is 3. The number of ether oxygens (including phenoxy) is 1. The van der Waals surface area contributed by atoms with E-state index in [2.05, 4.69) is 34.4 Å². The van der Waals surface area contributed by atoms with Crippen LogP contribution in [0.25, 0.3) is 11.2 Å². The second-order valence-corrected chi connectivity index (χ2v) is 16.9. The molecule has 29 heteroatoms. The van der Waals surface area contributed by atoms with E-state index in [0.29, 0.717) is 5.75 Å². The Balaban J connectivity index is 1.53. The second kappa shape index (κ2) is 18.1. The molecule has 2 aromatic heterocycles. The van der Waals surface area contributed by atoms with Gasteiger partial charge in [0.2, 0.25) is 11.8 Å². The Morgan fingerprint density at radius 2 is 1.75 bits per heavy atom. The molecule has 0 aromatic carbocycles. The molecule has 25 nitrogen and oxygen atoms in total. The molecule has 0 bridgehead atoms. The number of nitrogens with zero attached hydrogens (tertiary/aromatic N) is 4. The lowest BCUT2D eigenvalue weighted by molar-refractivity contribution is -0.137. The zero-order valence-corrected chi connectivity index (χ0v) is 30.7. The monoisotopic (exact) mass is 825 g/mol. The molecule has 11 N–H and O–H groups in total. The van der Waals surface area contributed by atoms with E-state index in [9.17, 15) is 57.9 Å². The molecule has 0 saturated carbocycles. The number of aromatic nitrogens is 4. The molecule has 294 valence electrons. The van der Waals surface area contributed by atoms with E-state index in [-0.39, 0.29) is 42.2 Å². The van der Waals surface area contributed by atoms with Gasteiger partial charge in [0.15, 0.2) is 17.7 Å². The number of aliphatic hydroxyl groups is 2. The van der Waals surface area contributed by atoms with Gasteiger partial charge in [0.1, 0.15) is 36.3 Å². The number of amides is 2. The fourth-order valence-corrected chi connectivity index (χ4v) is 7.76. The lowest BCUT2D eigenvalue weighted by atomic mass is 9.87. The van der Waals surface area contributed by atoms with Gasteiger partial charge in [0.05, 0.1) is 25.3 Å². The van der Waals surface area contributed by atoms with Crippen LogP contribution in [-0.2, 0) is 50.7 Å². The number of carboxylic acid groups (broad SMARTS) is 1. The van der Waals surface area contributed by atoms with E-state index in [1.807, 2.05) is 0 Å². The normalized spacial score (nSPS) is 22.4. The number of rotatable bonds is 21. The summed E-state index contributed by atoms with van der Waals surface area (Å²) in [6.45, 7) is 0.414. The molecule has 1 aliphatic rings. The molecule has 0 spiro atoms. The van der Waals surface area contributed by atoms with Crippen molar-refractivity contribution in [1.82, 2.24) is 30.2 Å². The number of nitrogens with one attached hydrogen (secondary N) is 2. The van der Waals surface area contributed by atoms with Crippen molar-refractivity contribution >= 4 is 70.0 Å². The second-order valence-electron chi connectivity index (χ2n) is 11.5. The summed E-state index contributed by atoms with van der Waals surface area (Å²) in [5, 5.41) is 34.7. The van der Waals surface area contributed by atoms with Crippen LogP contribution in [0, 0.1) is 5.41 Å². The number of imidazole rings is 1. The molecule has 1 saturated heterocycles. The topological polar surface area (TPSA) is 384 Å². The van der Waals surface area contributed by atoms with Crippen LogP contribution in [-0.4, -0.2) is 134 Å². The third-order valence-electron chi connectivity index (χ3n) is 6.87. The Kier molecular flexibility index (Phi) is 15.3. The van der Waals surface area contributed by atoms with Crippen molar-refractivity contribution in [2.45, 2.75) is 50.9 Å². The lowest BCUT2D eigenvalue weighted by Gasteiger charge is -2.30. The number of hydrogen-bond donors (Lipinski definition) is 10. The van der Waals surface area contributed by atoms with Gasteiger partial charge < -0.3 is 56.0 Å². The summed E-state index contributed by atoms with van der Waals surface area (Å²) in [5.74, 6) is -2.28. The minimum absolute atomic E-state index is 0.0260. The zero-order valence-electron chi connectivity index (χ0n) is 27.2. The first-order chi connectivity index (χ1) is 24.0. The van der Waals surface area contributed by atoms with Crippen LogP contribution in [0.4, 0.5) is 5.82 Å². The highest BCUT2D eigenvalue weighted by Gasteiger charge is 2.50. The number of carbonyl (C=O) groups excluding carboxylic acids is 2. The van der Waals surface area contributed by atoms with Crippen molar-refractivity contribution in [3.05, 3.63) is 12.7 Å². The Hall–Kier alpha value is -2.64. The van der Waals surface area contributed by atoms with E-state index < -0.39 is 90.5 Å². The minimum atomic E-state index is -5.57. The molecule has 7 unspecified atom stereocenters. The van der Waals surface area contributed by atoms with Gasteiger partial charge in [-0.25, -0.2) is 28.6 Å². The Labute approximate surface area is 298 Å². The smallest absolute Gasteiger partial charge is 0.481 e. The molecule has 0 aliphatic carbocycles. The average molecular weight is 826 g/mol. The maximum atomic E-state index is 12.6. The molecule has 0 radical (unpaired) electrons. The number of carboxylic acids is 1. The summed E-state index contributed by atoms with van der Waals surface area (Å²) in [6, 6.07) is 0. The summed E-state index contributed by atoms with van der Waals surface area (Å²) in [4.78, 5) is 85.5. The van der Waals surface area contributed by atoms with E-state index in [1.165, 1.54) is 13.8 Å². The summed E-state index contributed by atoms with van der Waals surface area (Å²) in [7, 11) is -16.4. The van der Waals surface area contributed by atoms with Crippen molar-refractivity contribution in [3.8, 4) is 0 Å². The Morgan fingerprint density at radius 1 is 1.08 bits per heavy atom. The van der Waals surface area contributed by atoms with Crippen LogP contribution < -0.4 is 16.4 Å². The summed E-state index contributed by atoms with van der Waals surface area (Å²) in [5.41, 5.74) is 4.23. The van der Waals surface area contributed by atoms with Crippen molar-refractivity contribution in [1.29, 1.82) is 0 Å². The quantitative estimate of drug-likeness (QED) is 0.0491. The maximum Gasteiger partial charge on any atom is 0.481 e. The lowest BCUT2D eigenvalue weighted by Crippen LogP contribution is -2.46. The van der Waals surface area contributed by atoms with Gasteiger partial charge in [-0.15, -0.1) is 11.8 Å². The van der Waals surface area contributed by atoms with E-state index in [1.54, 1.807) is 0 Å². The molecule has 2 amide bonds. The molecule has 2 aromatic rings. The molecule has 3 rings (SSSR count). The van der Waals surface area contributed by atoms with Gasteiger partial charge >= 0.3 is 29.4 Å². The number of thioether (sulfide) groups is 1. The SMILES string of the molecule is CC(C)(COP(=O)(O)OP(=O)(O)OCC1OC(n2cnc3c(N)ncnc32)C(O)C1OP(=O)(O)O)C(O)C(=O)NCCC(=O)NCCSCC(=O)O. The van der Waals surface area contributed by atoms with E-state index >= 15 is 0 Å². The first-order valence-corrected chi connectivity index (χ1v) is 20.4. The minimum Gasteiger partial charge on any atom is -0.481 e. The molecule has 7 atom stereocenters. The first-order valence-electron chi connectivity index (χ1n) is 14.7. The molecular formula is C23H38N7O18P3S. The number of hydrogen-bond acceptors (Lipinski definition) is 18.